The molecule has 100 valence electrons. The van der Waals surface area contributed by atoms with Crippen LogP contribution in [0.3, 0.4) is 0 Å². The predicted octanol–water partition coefficient (Wildman–Crippen LogP) is 4.20. The number of rotatable bonds is 3. The smallest absolute Gasteiger partial charge is 0.152 e. The third-order valence-corrected chi connectivity index (χ3v) is 3.44. The fraction of sp³-hybridized carbons (Fsp3) is 0.125. The number of nitrogens with zero attached hydrogens (tertiary/aromatic N) is 2. The van der Waals surface area contributed by atoms with Crippen LogP contribution >= 0.6 is 11.6 Å². The van der Waals surface area contributed by atoms with Crippen LogP contribution in [0.2, 0.25) is 5.15 Å². The van der Waals surface area contributed by atoms with E-state index in [1.807, 2.05) is 31.2 Å². The quantitative estimate of drug-likeness (QED) is 0.732. The Bertz CT molecular complexity index is 756. The Morgan fingerprint density at radius 3 is 2.90 bits per heavy atom. The second-order valence-corrected chi connectivity index (χ2v) is 5.03. The van der Waals surface area contributed by atoms with Gasteiger partial charge in [-0.1, -0.05) is 23.7 Å². The summed E-state index contributed by atoms with van der Waals surface area (Å²) in [4.78, 5) is 8.54. The molecule has 1 aromatic carbocycles. The van der Waals surface area contributed by atoms with Crippen molar-refractivity contribution in [2.45, 2.75) is 13.5 Å². The molecule has 0 aliphatic rings. The maximum Gasteiger partial charge on any atom is 0.152 e. The van der Waals surface area contributed by atoms with Crippen molar-refractivity contribution in [3.63, 3.8) is 0 Å². The fourth-order valence-electron chi connectivity index (χ4n) is 2.10. The minimum atomic E-state index is 0.491. The van der Waals surface area contributed by atoms with Gasteiger partial charge >= 0.3 is 0 Å². The monoisotopic (exact) mass is 283 g/mol. The zero-order chi connectivity index (χ0) is 13.9. The van der Waals surface area contributed by atoms with Gasteiger partial charge in [-0.05, 0) is 42.8 Å². The second kappa shape index (κ2) is 5.47. The van der Waals surface area contributed by atoms with Crippen LogP contribution in [0.4, 0.5) is 5.69 Å². The first-order valence-corrected chi connectivity index (χ1v) is 6.81. The number of pyridine rings is 2. The molecule has 2 heterocycles. The number of hydrogen-bond donors (Lipinski definition) is 1. The minimum Gasteiger partial charge on any atom is -0.378 e. The van der Waals surface area contributed by atoms with E-state index in [2.05, 4.69) is 33.5 Å². The Labute approximate surface area is 122 Å². The summed E-state index contributed by atoms with van der Waals surface area (Å²) in [5, 5.41) is 4.93. The summed E-state index contributed by atoms with van der Waals surface area (Å²) in [6.45, 7) is 2.70. The highest BCUT2D eigenvalue weighted by Crippen LogP contribution is 2.20. The number of anilines is 1. The predicted molar refractivity (Wildman–Crippen MR) is 83.1 cm³/mol. The van der Waals surface area contributed by atoms with Gasteiger partial charge in [0, 0.05) is 23.8 Å². The molecule has 0 amide bonds. The molecule has 0 saturated heterocycles. The lowest BCUT2D eigenvalue weighted by molar-refractivity contribution is 1.14. The molecule has 1 N–H and O–H groups in total. The van der Waals surface area contributed by atoms with Crippen molar-refractivity contribution in [2.75, 3.05) is 5.32 Å². The zero-order valence-electron chi connectivity index (χ0n) is 11.1. The first kappa shape index (κ1) is 12.9. The van der Waals surface area contributed by atoms with Crippen molar-refractivity contribution in [2.24, 2.45) is 0 Å². The van der Waals surface area contributed by atoms with Gasteiger partial charge in [-0.25, -0.2) is 4.98 Å². The summed E-state index contributed by atoms with van der Waals surface area (Å²) >= 11 is 6.02. The van der Waals surface area contributed by atoms with Gasteiger partial charge in [0.2, 0.25) is 0 Å². The van der Waals surface area contributed by atoms with E-state index in [1.54, 1.807) is 6.20 Å². The topological polar surface area (TPSA) is 37.8 Å². The lowest BCUT2D eigenvalue weighted by Crippen LogP contribution is -2.00. The Balaban J connectivity index is 1.81. The van der Waals surface area contributed by atoms with E-state index in [0.29, 0.717) is 11.7 Å². The minimum absolute atomic E-state index is 0.491. The van der Waals surface area contributed by atoms with Crippen LogP contribution in [-0.4, -0.2) is 9.97 Å². The van der Waals surface area contributed by atoms with Crippen molar-refractivity contribution >= 4 is 28.2 Å². The summed E-state index contributed by atoms with van der Waals surface area (Å²) in [6.07, 6.45) is 1.68. The fourth-order valence-corrected chi connectivity index (χ4v) is 2.29. The lowest BCUT2D eigenvalue weighted by atomic mass is 10.1. The van der Waals surface area contributed by atoms with Crippen LogP contribution < -0.4 is 5.32 Å². The molecule has 0 unspecified atom stereocenters. The van der Waals surface area contributed by atoms with Crippen molar-refractivity contribution in [1.29, 1.82) is 0 Å². The number of aryl methyl sites for hydroxylation is 1. The molecule has 20 heavy (non-hydrogen) atoms. The Morgan fingerprint density at radius 2 is 2.05 bits per heavy atom. The second-order valence-electron chi connectivity index (χ2n) is 4.68. The number of fused-ring (bicyclic) bond motifs is 1. The molecule has 3 nitrogen and oxygen atoms in total. The molecular formula is C16H14ClN3. The third-order valence-electron chi connectivity index (χ3n) is 3.13. The molecule has 0 bridgehead atoms. The average Bonchev–Trinajstić information content (AvgIpc) is 2.46. The summed E-state index contributed by atoms with van der Waals surface area (Å²) in [6, 6.07) is 14.2. The first-order valence-electron chi connectivity index (χ1n) is 6.43. The van der Waals surface area contributed by atoms with Crippen LogP contribution in [0.5, 0.6) is 0 Å². The Morgan fingerprint density at radius 1 is 1.15 bits per heavy atom. The van der Waals surface area contributed by atoms with Gasteiger partial charge in [0.05, 0.1) is 11.2 Å². The van der Waals surface area contributed by atoms with Crippen molar-refractivity contribution in [3.8, 4) is 0 Å². The molecule has 0 radical (unpaired) electrons. The molecule has 0 saturated carbocycles. The average molecular weight is 284 g/mol. The van der Waals surface area contributed by atoms with Gasteiger partial charge in [0.15, 0.2) is 5.15 Å². The normalized spacial score (nSPS) is 10.7. The van der Waals surface area contributed by atoms with E-state index in [-0.39, 0.29) is 0 Å². The highest BCUT2D eigenvalue weighted by Gasteiger charge is 2.01. The molecule has 3 aromatic rings. The molecular weight excluding hydrogens is 270 g/mol. The van der Waals surface area contributed by atoms with E-state index in [1.165, 1.54) is 5.56 Å². The van der Waals surface area contributed by atoms with Gasteiger partial charge in [-0.2, -0.15) is 0 Å². The summed E-state index contributed by atoms with van der Waals surface area (Å²) < 4.78 is 0. The molecule has 3 rings (SSSR count). The van der Waals surface area contributed by atoms with Gasteiger partial charge in [-0.3, -0.25) is 4.98 Å². The highest BCUT2D eigenvalue weighted by molar-refractivity contribution is 6.31. The van der Waals surface area contributed by atoms with Crippen LogP contribution in [0.1, 0.15) is 11.3 Å². The van der Waals surface area contributed by atoms with E-state index in [4.69, 9.17) is 11.6 Å². The number of aromatic nitrogens is 2. The summed E-state index contributed by atoms with van der Waals surface area (Å²) in [7, 11) is 0. The van der Waals surface area contributed by atoms with Crippen LogP contribution in [-0.2, 0) is 6.54 Å². The molecule has 0 atom stereocenters. The molecule has 0 fully saturated rings. The van der Waals surface area contributed by atoms with Gasteiger partial charge in [-0.15, -0.1) is 0 Å². The Hall–Kier alpha value is -2.13. The van der Waals surface area contributed by atoms with Gasteiger partial charge in [0.25, 0.3) is 0 Å². The van der Waals surface area contributed by atoms with E-state index < -0.39 is 0 Å². The number of nitrogens with one attached hydrogen (secondary N) is 1. The van der Waals surface area contributed by atoms with E-state index in [9.17, 15) is 0 Å². The third kappa shape index (κ3) is 2.73. The summed E-state index contributed by atoms with van der Waals surface area (Å²) in [5.74, 6) is 0. The largest absolute Gasteiger partial charge is 0.378 e. The van der Waals surface area contributed by atoms with E-state index in [0.717, 1.165) is 22.3 Å². The maximum atomic E-state index is 6.02. The molecule has 0 aliphatic carbocycles. The molecule has 4 heteroatoms. The van der Waals surface area contributed by atoms with Crippen LogP contribution in [0, 0.1) is 6.92 Å². The van der Waals surface area contributed by atoms with Crippen LogP contribution in [0.25, 0.3) is 10.9 Å². The highest BCUT2D eigenvalue weighted by atomic mass is 35.5. The molecule has 0 aliphatic heterocycles. The van der Waals surface area contributed by atoms with E-state index >= 15 is 0 Å². The van der Waals surface area contributed by atoms with Crippen molar-refractivity contribution in [1.82, 2.24) is 9.97 Å². The summed E-state index contributed by atoms with van der Waals surface area (Å²) in [5.41, 5.74) is 4.08. The SMILES string of the molecule is Cc1ccc2cc(CNc3cccnc3Cl)ccc2n1. The number of hydrogen-bond acceptors (Lipinski definition) is 3. The zero-order valence-corrected chi connectivity index (χ0v) is 11.9. The maximum absolute atomic E-state index is 6.02. The van der Waals surface area contributed by atoms with Crippen LogP contribution in [0.15, 0.2) is 48.7 Å². The number of halogens is 1. The lowest BCUT2D eigenvalue weighted by Gasteiger charge is -2.08. The van der Waals surface area contributed by atoms with Gasteiger partial charge in [0.1, 0.15) is 0 Å². The number of benzene rings is 1. The standard InChI is InChI=1S/C16H14ClN3/c1-11-4-6-13-9-12(5-7-14(13)20-11)10-19-15-3-2-8-18-16(15)17/h2-9,19H,10H2,1H3. The first-order chi connectivity index (χ1) is 9.72. The molecule has 2 aromatic heterocycles. The Kier molecular flexibility index (Phi) is 3.52. The van der Waals surface area contributed by atoms with Crippen molar-refractivity contribution in [3.05, 3.63) is 65.1 Å². The van der Waals surface area contributed by atoms with Gasteiger partial charge < -0.3 is 5.32 Å². The molecule has 0 spiro atoms. The van der Waals surface area contributed by atoms with Crippen molar-refractivity contribution < 1.29 is 0 Å².